The molecule has 0 aromatic heterocycles. The van der Waals surface area contributed by atoms with Crippen LogP contribution in [0.4, 0.5) is 9.18 Å². The quantitative estimate of drug-likeness (QED) is 0.552. The Bertz CT molecular complexity index is 1120. The SMILES string of the molecule is COc1ccc([C@@H](CC(=O)O)NC(=O)OCC2c3ccccc3-c3ccccc32)c(F)c1. The Labute approximate surface area is 184 Å². The second kappa shape index (κ2) is 9.09. The molecule has 0 saturated heterocycles. The molecule has 7 heteroatoms. The summed E-state index contributed by atoms with van der Waals surface area (Å²) >= 11 is 0. The van der Waals surface area contributed by atoms with Crippen LogP contribution in [0, 0.1) is 5.82 Å². The van der Waals surface area contributed by atoms with Gasteiger partial charge in [-0.15, -0.1) is 0 Å². The van der Waals surface area contributed by atoms with E-state index in [1.807, 2.05) is 48.5 Å². The van der Waals surface area contributed by atoms with Crippen LogP contribution in [0.25, 0.3) is 11.1 Å². The summed E-state index contributed by atoms with van der Waals surface area (Å²) in [6.07, 6.45) is -1.30. The molecule has 0 saturated carbocycles. The molecule has 0 heterocycles. The zero-order valence-corrected chi connectivity index (χ0v) is 17.4. The summed E-state index contributed by atoms with van der Waals surface area (Å²) in [7, 11) is 1.40. The molecule has 0 spiro atoms. The monoisotopic (exact) mass is 435 g/mol. The Morgan fingerprint density at radius 3 is 2.22 bits per heavy atom. The molecule has 164 valence electrons. The van der Waals surface area contributed by atoms with Crippen LogP contribution in [0.3, 0.4) is 0 Å². The number of carbonyl (C=O) groups excluding carboxylic acids is 1. The van der Waals surface area contributed by atoms with Crippen molar-refractivity contribution >= 4 is 12.1 Å². The smallest absolute Gasteiger partial charge is 0.407 e. The predicted molar refractivity (Wildman–Crippen MR) is 116 cm³/mol. The Balaban J connectivity index is 1.49. The van der Waals surface area contributed by atoms with Crippen LogP contribution < -0.4 is 10.1 Å². The third kappa shape index (κ3) is 4.27. The Morgan fingerprint density at radius 1 is 1.03 bits per heavy atom. The van der Waals surface area contributed by atoms with Crippen LogP contribution in [-0.2, 0) is 9.53 Å². The lowest BCUT2D eigenvalue weighted by molar-refractivity contribution is -0.137. The van der Waals surface area contributed by atoms with Crippen LogP contribution in [0.2, 0.25) is 0 Å². The van der Waals surface area contributed by atoms with Crippen molar-refractivity contribution in [3.63, 3.8) is 0 Å². The summed E-state index contributed by atoms with van der Waals surface area (Å²) in [6, 6.07) is 18.8. The lowest BCUT2D eigenvalue weighted by atomic mass is 9.98. The zero-order chi connectivity index (χ0) is 22.7. The van der Waals surface area contributed by atoms with Crippen molar-refractivity contribution in [3.05, 3.63) is 89.2 Å². The summed E-state index contributed by atoms with van der Waals surface area (Å²) < 4.78 is 24.9. The van der Waals surface area contributed by atoms with Gasteiger partial charge in [-0.05, 0) is 28.3 Å². The maximum Gasteiger partial charge on any atom is 0.407 e. The van der Waals surface area contributed by atoms with Gasteiger partial charge in [0.1, 0.15) is 18.2 Å². The third-order valence-corrected chi connectivity index (χ3v) is 5.60. The van der Waals surface area contributed by atoms with Gasteiger partial charge in [-0.3, -0.25) is 4.79 Å². The second-order valence-corrected chi connectivity index (χ2v) is 7.51. The number of benzene rings is 3. The van der Waals surface area contributed by atoms with Gasteiger partial charge in [0.25, 0.3) is 0 Å². The largest absolute Gasteiger partial charge is 0.497 e. The first kappa shape index (κ1) is 21.4. The van der Waals surface area contributed by atoms with Crippen LogP contribution in [-0.4, -0.2) is 30.9 Å². The third-order valence-electron chi connectivity index (χ3n) is 5.60. The minimum atomic E-state index is -1.18. The maximum absolute atomic E-state index is 14.5. The van der Waals surface area contributed by atoms with Gasteiger partial charge in [0.2, 0.25) is 0 Å². The summed E-state index contributed by atoms with van der Waals surface area (Å²) in [5, 5.41) is 11.7. The number of carboxylic acid groups (broad SMARTS) is 1. The molecule has 1 aliphatic carbocycles. The molecule has 6 nitrogen and oxygen atoms in total. The summed E-state index contributed by atoms with van der Waals surface area (Å²) in [5.41, 5.74) is 4.36. The second-order valence-electron chi connectivity index (χ2n) is 7.51. The van der Waals surface area contributed by atoms with Crippen molar-refractivity contribution in [2.75, 3.05) is 13.7 Å². The van der Waals surface area contributed by atoms with Gasteiger partial charge in [-0.25, -0.2) is 9.18 Å². The molecule has 4 rings (SSSR count). The number of amides is 1. The molecule has 1 amide bonds. The Hall–Kier alpha value is -3.87. The molecule has 0 radical (unpaired) electrons. The van der Waals surface area contributed by atoms with Crippen molar-refractivity contribution < 1.29 is 28.6 Å². The number of methoxy groups -OCH3 is 1. The highest BCUT2D eigenvalue weighted by Crippen LogP contribution is 2.44. The first-order chi connectivity index (χ1) is 15.5. The number of fused-ring (bicyclic) bond motifs is 3. The van der Waals surface area contributed by atoms with Gasteiger partial charge in [0.05, 0.1) is 19.6 Å². The van der Waals surface area contributed by atoms with Gasteiger partial charge in [-0.1, -0.05) is 54.6 Å². The van der Waals surface area contributed by atoms with E-state index >= 15 is 0 Å². The number of ether oxygens (including phenoxy) is 2. The van der Waals surface area contributed by atoms with Gasteiger partial charge in [0.15, 0.2) is 0 Å². The number of aliphatic carboxylic acids is 1. The predicted octanol–water partition coefficient (Wildman–Crippen LogP) is 4.89. The van der Waals surface area contributed by atoms with Crippen LogP contribution in [0.5, 0.6) is 5.75 Å². The normalized spacial score (nSPS) is 13.1. The molecule has 1 atom stereocenters. The fraction of sp³-hybridized carbons (Fsp3) is 0.200. The van der Waals surface area contributed by atoms with E-state index < -0.39 is 30.3 Å². The first-order valence-corrected chi connectivity index (χ1v) is 10.1. The van der Waals surface area contributed by atoms with E-state index in [1.54, 1.807) is 0 Å². The van der Waals surface area contributed by atoms with E-state index in [1.165, 1.54) is 19.2 Å². The number of alkyl carbamates (subject to hydrolysis) is 1. The van der Waals surface area contributed by atoms with E-state index in [4.69, 9.17) is 9.47 Å². The molecule has 32 heavy (non-hydrogen) atoms. The fourth-order valence-corrected chi connectivity index (χ4v) is 4.11. The number of halogens is 1. The zero-order valence-electron chi connectivity index (χ0n) is 17.4. The standard InChI is InChI=1S/C25H22FNO5/c1-31-15-10-11-20(22(26)12-15)23(13-24(28)29)27-25(30)32-14-21-18-8-4-2-6-16(18)17-7-3-5-9-19(17)21/h2-12,21,23H,13-14H2,1H3,(H,27,30)(H,28,29)/t23-/m1/s1. The number of rotatable bonds is 7. The number of carbonyl (C=O) groups is 2. The summed E-state index contributed by atoms with van der Waals surface area (Å²) in [5.74, 6) is -1.69. The summed E-state index contributed by atoms with van der Waals surface area (Å²) in [6.45, 7) is 0.0742. The highest BCUT2D eigenvalue weighted by molar-refractivity contribution is 5.79. The van der Waals surface area contributed by atoms with Crippen molar-refractivity contribution in [2.45, 2.75) is 18.4 Å². The molecular weight excluding hydrogens is 413 g/mol. The number of hydrogen-bond acceptors (Lipinski definition) is 4. The maximum atomic E-state index is 14.5. The van der Waals surface area contributed by atoms with Crippen molar-refractivity contribution in [2.24, 2.45) is 0 Å². The van der Waals surface area contributed by atoms with Gasteiger partial charge >= 0.3 is 12.1 Å². The Kier molecular flexibility index (Phi) is 6.07. The topological polar surface area (TPSA) is 84.9 Å². The van der Waals surface area contributed by atoms with Gasteiger partial charge in [0, 0.05) is 17.5 Å². The minimum Gasteiger partial charge on any atom is -0.497 e. The van der Waals surface area contributed by atoms with E-state index in [0.29, 0.717) is 5.75 Å². The molecule has 2 N–H and O–H groups in total. The van der Waals surface area contributed by atoms with E-state index in [2.05, 4.69) is 5.32 Å². The molecule has 1 aliphatic rings. The average Bonchev–Trinajstić information content (AvgIpc) is 3.10. The molecule has 3 aromatic rings. The lowest BCUT2D eigenvalue weighted by Gasteiger charge is -2.20. The molecule has 0 aliphatic heterocycles. The molecule has 0 fully saturated rings. The molecular formula is C25H22FNO5. The van der Waals surface area contributed by atoms with Crippen LogP contribution >= 0.6 is 0 Å². The Morgan fingerprint density at radius 2 is 1.66 bits per heavy atom. The van der Waals surface area contributed by atoms with E-state index in [-0.39, 0.29) is 18.1 Å². The summed E-state index contributed by atoms with van der Waals surface area (Å²) in [4.78, 5) is 23.9. The van der Waals surface area contributed by atoms with Gasteiger partial charge in [-0.2, -0.15) is 0 Å². The van der Waals surface area contributed by atoms with Crippen LogP contribution in [0.1, 0.15) is 35.1 Å². The van der Waals surface area contributed by atoms with Crippen molar-refractivity contribution in [1.82, 2.24) is 5.32 Å². The highest BCUT2D eigenvalue weighted by Gasteiger charge is 2.29. The fourth-order valence-electron chi connectivity index (χ4n) is 4.11. The molecule has 3 aromatic carbocycles. The number of hydrogen-bond donors (Lipinski definition) is 2. The molecule has 0 unspecified atom stereocenters. The van der Waals surface area contributed by atoms with E-state index in [9.17, 15) is 19.1 Å². The number of nitrogens with one attached hydrogen (secondary N) is 1. The van der Waals surface area contributed by atoms with Crippen LogP contribution in [0.15, 0.2) is 66.7 Å². The van der Waals surface area contributed by atoms with Gasteiger partial charge < -0.3 is 19.9 Å². The van der Waals surface area contributed by atoms with Crippen molar-refractivity contribution in [3.8, 4) is 16.9 Å². The lowest BCUT2D eigenvalue weighted by Crippen LogP contribution is -2.32. The first-order valence-electron chi connectivity index (χ1n) is 10.1. The average molecular weight is 435 g/mol. The van der Waals surface area contributed by atoms with Crippen molar-refractivity contribution in [1.29, 1.82) is 0 Å². The van der Waals surface area contributed by atoms with E-state index in [0.717, 1.165) is 28.3 Å². The minimum absolute atomic E-state index is 0.0432. The highest BCUT2D eigenvalue weighted by atomic mass is 19.1. The molecule has 0 bridgehead atoms. The number of carboxylic acids is 1.